The van der Waals surface area contributed by atoms with Gasteiger partial charge in [-0.1, -0.05) is 37.3 Å². The highest BCUT2D eigenvalue weighted by molar-refractivity contribution is 5.94. The van der Waals surface area contributed by atoms with Crippen LogP contribution in [0.4, 0.5) is 0 Å². The molecule has 4 aromatic rings. The highest BCUT2D eigenvalue weighted by atomic mass is 16.5. The van der Waals surface area contributed by atoms with E-state index < -0.39 is 11.2 Å². The van der Waals surface area contributed by atoms with Crippen LogP contribution >= 0.6 is 0 Å². The molecule has 1 aliphatic heterocycles. The fraction of sp³-hybridized carbons (Fsp3) is 0.353. The molecule has 0 saturated carbocycles. The number of aromatic nitrogens is 2. The maximum atomic E-state index is 13.6. The Morgan fingerprint density at radius 3 is 2.25 bits per heavy atom. The molecule has 1 aliphatic rings. The second kappa shape index (κ2) is 13.6. The lowest BCUT2D eigenvalue weighted by Gasteiger charge is -2.30. The Kier molecular flexibility index (Phi) is 9.47. The highest BCUT2D eigenvalue weighted by Crippen LogP contribution is 2.27. The Labute approximate surface area is 255 Å². The van der Waals surface area contributed by atoms with Gasteiger partial charge in [-0.25, -0.2) is 4.79 Å². The number of nitrogens with one attached hydrogen (secondary N) is 1. The highest BCUT2D eigenvalue weighted by Gasteiger charge is 2.23. The van der Waals surface area contributed by atoms with Crippen molar-refractivity contribution in [1.82, 2.24) is 19.4 Å². The average Bonchev–Trinajstić information content (AvgIpc) is 3.05. The van der Waals surface area contributed by atoms with Crippen LogP contribution in [0.3, 0.4) is 0 Å². The maximum absolute atomic E-state index is 13.6. The van der Waals surface area contributed by atoms with E-state index in [4.69, 9.17) is 9.47 Å². The van der Waals surface area contributed by atoms with Crippen LogP contribution in [-0.4, -0.2) is 59.7 Å². The van der Waals surface area contributed by atoms with E-state index in [0.717, 1.165) is 23.0 Å². The molecule has 0 bridgehead atoms. The minimum atomic E-state index is -0.538. The number of para-hydroxylation sites is 1. The van der Waals surface area contributed by atoms with E-state index in [2.05, 4.69) is 12.2 Å². The van der Waals surface area contributed by atoms with Crippen molar-refractivity contribution in [2.75, 3.05) is 33.9 Å². The number of benzene rings is 3. The first-order valence-corrected chi connectivity index (χ1v) is 14.9. The first-order chi connectivity index (χ1) is 21.3. The van der Waals surface area contributed by atoms with E-state index in [1.54, 1.807) is 67.7 Å². The second-order valence-electron chi connectivity index (χ2n) is 11.2. The van der Waals surface area contributed by atoms with Crippen molar-refractivity contribution in [2.24, 2.45) is 5.92 Å². The van der Waals surface area contributed by atoms with Gasteiger partial charge in [-0.3, -0.25) is 23.5 Å². The number of rotatable bonds is 10. The number of carbonyl (C=O) groups is 2. The molecule has 230 valence electrons. The molecule has 2 amide bonds. The van der Waals surface area contributed by atoms with Gasteiger partial charge in [0.25, 0.3) is 11.5 Å². The number of hydrogen-bond donors (Lipinski definition) is 1. The first-order valence-electron chi connectivity index (χ1n) is 14.9. The van der Waals surface area contributed by atoms with Gasteiger partial charge >= 0.3 is 5.69 Å². The second-order valence-corrected chi connectivity index (χ2v) is 11.2. The van der Waals surface area contributed by atoms with E-state index >= 15 is 0 Å². The van der Waals surface area contributed by atoms with Crippen molar-refractivity contribution in [2.45, 2.75) is 39.3 Å². The van der Waals surface area contributed by atoms with Crippen molar-refractivity contribution < 1.29 is 19.1 Å². The van der Waals surface area contributed by atoms with Crippen molar-refractivity contribution in [3.05, 3.63) is 104 Å². The van der Waals surface area contributed by atoms with Gasteiger partial charge in [0.05, 0.1) is 31.7 Å². The third-order valence-corrected chi connectivity index (χ3v) is 8.27. The van der Waals surface area contributed by atoms with E-state index in [1.807, 2.05) is 18.2 Å². The topological polar surface area (TPSA) is 112 Å². The molecule has 44 heavy (non-hydrogen) atoms. The van der Waals surface area contributed by atoms with Crippen LogP contribution in [0.1, 0.15) is 41.3 Å². The van der Waals surface area contributed by atoms with Crippen LogP contribution in [0.25, 0.3) is 10.9 Å². The van der Waals surface area contributed by atoms with Crippen molar-refractivity contribution >= 4 is 22.7 Å². The largest absolute Gasteiger partial charge is 0.493 e. The van der Waals surface area contributed by atoms with E-state index in [0.29, 0.717) is 65.5 Å². The summed E-state index contributed by atoms with van der Waals surface area (Å²) in [4.78, 5) is 54.8. The van der Waals surface area contributed by atoms with E-state index in [-0.39, 0.29) is 24.9 Å². The SMILES string of the molecule is COc1ccc(CCNC(=O)c2ccc(Cn3c(=O)c4ccccc4n(CC(=O)N4CCC(C)CC4)c3=O)cc2)cc1OC. The van der Waals surface area contributed by atoms with Gasteiger partial charge in [0, 0.05) is 25.2 Å². The zero-order valence-electron chi connectivity index (χ0n) is 25.4. The van der Waals surface area contributed by atoms with Gasteiger partial charge in [-0.05, 0) is 72.7 Å². The van der Waals surface area contributed by atoms with Crippen LogP contribution in [0.2, 0.25) is 0 Å². The van der Waals surface area contributed by atoms with Crippen LogP contribution in [0, 0.1) is 5.92 Å². The minimum absolute atomic E-state index is 0.0130. The molecular weight excluding hydrogens is 560 g/mol. The summed E-state index contributed by atoms with van der Waals surface area (Å²) in [5.74, 6) is 1.49. The summed E-state index contributed by atoms with van der Waals surface area (Å²) in [5.41, 5.74) is 1.63. The molecule has 1 N–H and O–H groups in total. The monoisotopic (exact) mass is 598 g/mol. The first kappa shape index (κ1) is 30.6. The molecule has 1 fully saturated rings. The summed E-state index contributed by atoms with van der Waals surface area (Å²) >= 11 is 0. The van der Waals surface area contributed by atoms with Gasteiger partial charge in [-0.2, -0.15) is 0 Å². The number of nitrogens with zero attached hydrogens (tertiary/aromatic N) is 3. The number of fused-ring (bicyclic) bond motifs is 1. The Hall–Kier alpha value is -4.86. The quantitative estimate of drug-likeness (QED) is 0.299. The fourth-order valence-electron chi connectivity index (χ4n) is 5.56. The lowest BCUT2D eigenvalue weighted by molar-refractivity contribution is -0.133. The lowest BCUT2D eigenvalue weighted by Crippen LogP contribution is -2.45. The molecule has 3 aromatic carbocycles. The number of carbonyl (C=O) groups excluding carboxylic acids is 2. The molecule has 0 aliphatic carbocycles. The standard InChI is InChI=1S/C34H38N4O6/c1-23-15-18-36(19-16-23)31(39)22-37-28-7-5-4-6-27(28)33(41)38(34(37)42)21-25-8-11-26(12-9-25)32(40)35-17-14-24-10-13-29(43-2)30(20-24)44-3/h4-13,20,23H,14-19,21-22H2,1-3H3,(H,35,40). The number of likely N-dealkylation sites (tertiary alicyclic amines) is 1. The Morgan fingerprint density at radius 2 is 1.55 bits per heavy atom. The lowest BCUT2D eigenvalue weighted by atomic mass is 9.99. The molecule has 10 nitrogen and oxygen atoms in total. The summed E-state index contributed by atoms with van der Waals surface area (Å²) in [6.07, 6.45) is 2.49. The third-order valence-electron chi connectivity index (χ3n) is 8.27. The molecule has 0 radical (unpaired) electrons. The maximum Gasteiger partial charge on any atom is 0.332 e. The van der Waals surface area contributed by atoms with Crippen molar-refractivity contribution in [1.29, 1.82) is 0 Å². The van der Waals surface area contributed by atoms with Crippen LogP contribution < -0.4 is 26.0 Å². The minimum Gasteiger partial charge on any atom is -0.493 e. The van der Waals surface area contributed by atoms with Gasteiger partial charge in [0.15, 0.2) is 11.5 Å². The predicted molar refractivity (Wildman–Crippen MR) is 169 cm³/mol. The van der Waals surface area contributed by atoms with Crippen molar-refractivity contribution in [3.63, 3.8) is 0 Å². The Balaban J connectivity index is 1.29. The Bertz CT molecular complexity index is 1770. The molecule has 0 atom stereocenters. The fourth-order valence-corrected chi connectivity index (χ4v) is 5.56. The van der Waals surface area contributed by atoms with E-state index in [9.17, 15) is 19.2 Å². The van der Waals surface area contributed by atoms with Crippen LogP contribution in [0.5, 0.6) is 11.5 Å². The normalized spacial score (nSPS) is 13.6. The average molecular weight is 599 g/mol. The Morgan fingerprint density at radius 1 is 0.864 bits per heavy atom. The third kappa shape index (κ3) is 6.69. The van der Waals surface area contributed by atoms with Gasteiger partial charge in [-0.15, -0.1) is 0 Å². The van der Waals surface area contributed by atoms with Crippen molar-refractivity contribution in [3.8, 4) is 11.5 Å². The molecule has 10 heteroatoms. The summed E-state index contributed by atoms with van der Waals surface area (Å²) in [6.45, 7) is 3.83. The van der Waals surface area contributed by atoms with E-state index in [1.165, 1.54) is 4.57 Å². The molecule has 2 heterocycles. The van der Waals surface area contributed by atoms with Gasteiger partial charge in [0.2, 0.25) is 5.91 Å². The molecule has 1 saturated heterocycles. The molecular formula is C34H38N4O6. The summed E-state index contributed by atoms with van der Waals surface area (Å²) in [6, 6.07) is 19.3. The summed E-state index contributed by atoms with van der Waals surface area (Å²) in [5, 5.41) is 3.29. The molecule has 5 rings (SSSR count). The summed E-state index contributed by atoms with van der Waals surface area (Å²) in [7, 11) is 3.16. The molecule has 1 aromatic heterocycles. The van der Waals surface area contributed by atoms with Crippen LogP contribution in [0.15, 0.2) is 76.3 Å². The molecule has 0 spiro atoms. The predicted octanol–water partition coefficient (Wildman–Crippen LogP) is 3.46. The van der Waals surface area contributed by atoms with Crippen LogP contribution in [-0.2, 0) is 24.3 Å². The summed E-state index contributed by atoms with van der Waals surface area (Å²) < 4.78 is 13.2. The zero-order chi connectivity index (χ0) is 31.2. The molecule has 0 unspecified atom stereocenters. The van der Waals surface area contributed by atoms with Gasteiger partial charge in [0.1, 0.15) is 6.54 Å². The number of ether oxygens (including phenoxy) is 2. The number of piperidine rings is 1. The number of methoxy groups -OCH3 is 2. The number of hydrogen-bond acceptors (Lipinski definition) is 6. The number of amides is 2. The van der Waals surface area contributed by atoms with Gasteiger partial charge < -0.3 is 19.7 Å². The zero-order valence-corrected chi connectivity index (χ0v) is 25.4. The smallest absolute Gasteiger partial charge is 0.332 e.